The average molecular weight is 212 g/mol. The number of likely N-dealkylation sites (tertiary alicyclic amines) is 1. The van der Waals surface area contributed by atoms with Gasteiger partial charge >= 0.3 is 0 Å². The van der Waals surface area contributed by atoms with Crippen LogP contribution < -0.4 is 10.6 Å². The Balaban J connectivity index is 2.28. The summed E-state index contributed by atoms with van der Waals surface area (Å²) in [5.74, 6) is 0.812. The van der Waals surface area contributed by atoms with E-state index in [4.69, 9.17) is 0 Å². The van der Waals surface area contributed by atoms with Gasteiger partial charge in [-0.15, -0.1) is 0 Å². The fraction of sp³-hybridized carbons (Fsp3) is 0.800. The van der Waals surface area contributed by atoms with Crippen molar-refractivity contribution in [1.82, 2.24) is 15.5 Å². The second-order valence-electron chi connectivity index (χ2n) is 3.62. The largest absolute Gasteiger partial charge is 0.359 e. The number of carbonyl (C=O) groups excluding carboxylic acids is 1. The van der Waals surface area contributed by atoms with Crippen LogP contribution in [0.4, 0.5) is 0 Å². The van der Waals surface area contributed by atoms with E-state index in [1.807, 2.05) is 4.90 Å². The van der Waals surface area contributed by atoms with Crippen molar-refractivity contribution >= 4 is 11.9 Å². The summed E-state index contributed by atoms with van der Waals surface area (Å²) < 4.78 is 0. The van der Waals surface area contributed by atoms with Crippen LogP contribution in [0.15, 0.2) is 4.99 Å². The van der Waals surface area contributed by atoms with E-state index in [0.717, 1.165) is 25.9 Å². The zero-order valence-corrected chi connectivity index (χ0v) is 9.55. The van der Waals surface area contributed by atoms with Gasteiger partial charge in [0.25, 0.3) is 0 Å². The van der Waals surface area contributed by atoms with Gasteiger partial charge in [0.15, 0.2) is 5.96 Å². The first-order chi connectivity index (χ1) is 7.27. The number of nitrogens with zero attached hydrogens (tertiary/aromatic N) is 2. The van der Waals surface area contributed by atoms with Gasteiger partial charge in [-0.3, -0.25) is 9.79 Å². The van der Waals surface area contributed by atoms with Crippen molar-refractivity contribution in [2.24, 2.45) is 4.99 Å². The molecule has 0 atom stereocenters. The maximum atomic E-state index is 11.7. The first-order valence-corrected chi connectivity index (χ1v) is 5.44. The maximum Gasteiger partial charge on any atom is 0.241 e. The van der Waals surface area contributed by atoms with Crippen LogP contribution in [0.1, 0.15) is 19.3 Å². The number of hydrogen-bond donors (Lipinski definition) is 2. The molecule has 86 valence electrons. The number of piperidine rings is 1. The Morgan fingerprint density at radius 2 is 2.00 bits per heavy atom. The summed E-state index contributed by atoms with van der Waals surface area (Å²) in [5.41, 5.74) is 0. The zero-order chi connectivity index (χ0) is 11.1. The second-order valence-corrected chi connectivity index (χ2v) is 3.62. The fourth-order valence-corrected chi connectivity index (χ4v) is 1.69. The molecule has 1 aliphatic rings. The monoisotopic (exact) mass is 212 g/mol. The molecule has 5 nitrogen and oxygen atoms in total. The van der Waals surface area contributed by atoms with E-state index in [2.05, 4.69) is 15.6 Å². The molecule has 0 aliphatic carbocycles. The molecule has 1 amide bonds. The van der Waals surface area contributed by atoms with Crippen molar-refractivity contribution in [3.63, 3.8) is 0 Å². The van der Waals surface area contributed by atoms with Gasteiger partial charge in [0, 0.05) is 27.2 Å². The summed E-state index contributed by atoms with van der Waals surface area (Å²) in [7, 11) is 3.46. The minimum atomic E-state index is 0.158. The summed E-state index contributed by atoms with van der Waals surface area (Å²) in [6.07, 6.45) is 3.51. The van der Waals surface area contributed by atoms with Crippen LogP contribution in [0.5, 0.6) is 0 Å². The number of hydrogen-bond acceptors (Lipinski definition) is 2. The highest BCUT2D eigenvalue weighted by atomic mass is 16.2. The number of aliphatic imine (C=N–C) groups is 1. The predicted molar refractivity (Wildman–Crippen MR) is 60.9 cm³/mol. The molecule has 0 saturated carbocycles. The normalized spacial score (nSPS) is 17.5. The van der Waals surface area contributed by atoms with Gasteiger partial charge in [-0.25, -0.2) is 0 Å². The molecule has 15 heavy (non-hydrogen) atoms. The Hall–Kier alpha value is -1.26. The standard InChI is InChI=1S/C10H20N4O/c1-11-10(12-2)13-8-9(15)14-6-4-3-5-7-14/h3-8H2,1-2H3,(H2,11,12,13). The molecule has 0 spiro atoms. The highest BCUT2D eigenvalue weighted by Crippen LogP contribution is 2.07. The third-order valence-corrected chi connectivity index (χ3v) is 2.58. The molecular formula is C10H20N4O. The Morgan fingerprint density at radius 1 is 1.33 bits per heavy atom. The van der Waals surface area contributed by atoms with Crippen molar-refractivity contribution in [2.75, 3.05) is 33.7 Å². The van der Waals surface area contributed by atoms with Crippen LogP contribution >= 0.6 is 0 Å². The van der Waals surface area contributed by atoms with Crippen LogP contribution in [0.25, 0.3) is 0 Å². The van der Waals surface area contributed by atoms with Gasteiger partial charge in [0.1, 0.15) is 0 Å². The molecular weight excluding hydrogens is 192 g/mol. The van der Waals surface area contributed by atoms with Gasteiger partial charge in [-0.2, -0.15) is 0 Å². The van der Waals surface area contributed by atoms with Crippen molar-refractivity contribution < 1.29 is 4.79 Å². The SMILES string of the molecule is CN=C(NC)NCC(=O)N1CCCCC1. The minimum Gasteiger partial charge on any atom is -0.359 e. The molecule has 1 rings (SSSR count). The van der Waals surface area contributed by atoms with Gasteiger partial charge in [0.05, 0.1) is 6.54 Å². The first-order valence-electron chi connectivity index (χ1n) is 5.44. The fourth-order valence-electron chi connectivity index (χ4n) is 1.69. The highest BCUT2D eigenvalue weighted by molar-refractivity contribution is 5.86. The molecule has 5 heteroatoms. The number of carbonyl (C=O) groups is 1. The number of nitrogens with one attached hydrogen (secondary N) is 2. The lowest BCUT2D eigenvalue weighted by molar-refractivity contribution is -0.130. The van der Waals surface area contributed by atoms with Gasteiger partial charge < -0.3 is 15.5 Å². The zero-order valence-electron chi connectivity index (χ0n) is 9.55. The third-order valence-electron chi connectivity index (χ3n) is 2.58. The van der Waals surface area contributed by atoms with Crippen molar-refractivity contribution in [1.29, 1.82) is 0 Å². The summed E-state index contributed by atoms with van der Waals surface area (Å²) >= 11 is 0. The molecule has 1 heterocycles. The van der Waals surface area contributed by atoms with E-state index >= 15 is 0 Å². The van der Waals surface area contributed by atoms with E-state index in [1.165, 1.54) is 6.42 Å². The van der Waals surface area contributed by atoms with E-state index in [0.29, 0.717) is 12.5 Å². The summed E-state index contributed by atoms with van der Waals surface area (Å²) in [6.45, 7) is 2.13. The Kier molecular flexibility index (Phi) is 4.93. The first kappa shape index (κ1) is 11.8. The number of rotatable bonds is 2. The highest BCUT2D eigenvalue weighted by Gasteiger charge is 2.15. The van der Waals surface area contributed by atoms with E-state index in [9.17, 15) is 4.79 Å². The lowest BCUT2D eigenvalue weighted by atomic mass is 10.1. The number of guanidine groups is 1. The van der Waals surface area contributed by atoms with Crippen molar-refractivity contribution in [3.05, 3.63) is 0 Å². The molecule has 0 bridgehead atoms. The minimum absolute atomic E-state index is 0.158. The predicted octanol–water partition coefficient (Wildman–Crippen LogP) is -0.206. The molecule has 0 unspecified atom stereocenters. The van der Waals surface area contributed by atoms with Gasteiger partial charge in [-0.1, -0.05) is 0 Å². The molecule has 1 fully saturated rings. The lowest BCUT2D eigenvalue weighted by Gasteiger charge is -2.26. The molecule has 0 aromatic rings. The smallest absolute Gasteiger partial charge is 0.241 e. The lowest BCUT2D eigenvalue weighted by Crippen LogP contribution is -2.45. The van der Waals surface area contributed by atoms with Crippen molar-refractivity contribution in [3.8, 4) is 0 Å². The van der Waals surface area contributed by atoms with E-state index in [1.54, 1.807) is 14.1 Å². The summed E-state index contributed by atoms with van der Waals surface area (Å²) in [4.78, 5) is 17.6. The topological polar surface area (TPSA) is 56.7 Å². The Morgan fingerprint density at radius 3 is 2.53 bits per heavy atom. The van der Waals surface area contributed by atoms with Crippen LogP contribution in [0, 0.1) is 0 Å². The maximum absolute atomic E-state index is 11.7. The molecule has 0 aromatic carbocycles. The van der Waals surface area contributed by atoms with Gasteiger partial charge in [-0.05, 0) is 19.3 Å². The molecule has 1 aliphatic heterocycles. The van der Waals surface area contributed by atoms with E-state index < -0.39 is 0 Å². The summed E-state index contributed by atoms with van der Waals surface area (Å²) in [5, 5.41) is 5.84. The van der Waals surface area contributed by atoms with Crippen LogP contribution in [-0.4, -0.2) is 50.5 Å². The summed E-state index contributed by atoms with van der Waals surface area (Å²) in [6, 6.07) is 0. The second kappa shape index (κ2) is 6.27. The number of amides is 1. The molecule has 0 radical (unpaired) electrons. The molecule has 2 N–H and O–H groups in total. The Bertz CT molecular complexity index is 234. The quantitative estimate of drug-likeness (QED) is 0.492. The Labute approximate surface area is 90.9 Å². The molecule has 1 saturated heterocycles. The third kappa shape index (κ3) is 3.77. The van der Waals surface area contributed by atoms with Crippen LogP contribution in [-0.2, 0) is 4.79 Å². The van der Waals surface area contributed by atoms with Crippen LogP contribution in [0.2, 0.25) is 0 Å². The average Bonchev–Trinajstić information content (AvgIpc) is 2.31. The van der Waals surface area contributed by atoms with Gasteiger partial charge in [0.2, 0.25) is 5.91 Å². The van der Waals surface area contributed by atoms with E-state index in [-0.39, 0.29) is 5.91 Å². The van der Waals surface area contributed by atoms with Crippen LogP contribution in [0.3, 0.4) is 0 Å². The molecule has 0 aromatic heterocycles. The van der Waals surface area contributed by atoms with Crippen molar-refractivity contribution in [2.45, 2.75) is 19.3 Å².